The Labute approximate surface area is 68.7 Å². The Kier molecular flexibility index (Phi) is 2.12. The summed E-state index contributed by atoms with van der Waals surface area (Å²) in [5.41, 5.74) is 0.756. The molecular weight excluding hydrogens is 139 g/mol. The molecule has 0 aliphatic carbocycles. The first-order valence-corrected chi connectivity index (χ1v) is 3.92. The molecule has 0 amide bonds. The highest BCUT2D eigenvalue weighted by Gasteiger charge is 2.43. The Bertz CT molecular complexity index is 177. The van der Waals surface area contributed by atoms with Gasteiger partial charge in [0.2, 0.25) is 0 Å². The molecule has 0 spiro atoms. The van der Waals surface area contributed by atoms with Crippen molar-refractivity contribution in [2.45, 2.75) is 39.4 Å². The first-order valence-electron chi connectivity index (χ1n) is 3.92. The quantitative estimate of drug-likeness (QED) is 0.536. The highest BCUT2D eigenvalue weighted by atomic mass is 16.7. The highest BCUT2D eigenvalue weighted by molar-refractivity contribution is 6.54. The van der Waals surface area contributed by atoms with Gasteiger partial charge in [-0.15, -0.1) is 6.58 Å². The second-order valence-electron chi connectivity index (χ2n) is 3.68. The van der Waals surface area contributed by atoms with Gasteiger partial charge in [0.05, 0.1) is 11.7 Å². The van der Waals surface area contributed by atoms with Crippen LogP contribution in [-0.4, -0.2) is 18.8 Å². The lowest BCUT2D eigenvalue weighted by Gasteiger charge is -2.21. The predicted molar refractivity (Wildman–Crippen MR) is 46.3 cm³/mol. The predicted octanol–water partition coefficient (Wildman–Crippen LogP) is 1.80. The zero-order valence-electron chi connectivity index (χ0n) is 7.68. The molecule has 0 radical (unpaired) electrons. The Morgan fingerprint density at radius 1 is 1.55 bits per heavy atom. The van der Waals surface area contributed by atoms with Crippen molar-refractivity contribution in [3.63, 3.8) is 0 Å². The summed E-state index contributed by atoms with van der Waals surface area (Å²) in [7, 11) is -0.208. The molecule has 1 heterocycles. The second-order valence-corrected chi connectivity index (χ2v) is 3.68. The lowest BCUT2D eigenvalue weighted by atomic mass is 9.81. The van der Waals surface area contributed by atoms with Gasteiger partial charge in [-0.05, 0) is 27.7 Å². The molecule has 0 aromatic heterocycles. The summed E-state index contributed by atoms with van der Waals surface area (Å²) in [6.07, 6.45) is 0.143. The van der Waals surface area contributed by atoms with Gasteiger partial charge in [-0.2, -0.15) is 0 Å². The monoisotopic (exact) mass is 154 g/mol. The van der Waals surface area contributed by atoms with Gasteiger partial charge >= 0.3 is 7.12 Å². The molecule has 11 heavy (non-hydrogen) atoms. The van der Waals surface area contributed by atoms with Gasteiger partial charge in [0.15, 0.2) is 0 Å². The van der Waals surface area contributed by atoms with Crippen molar-refractivity contribution >= 4 is 7.12 Å². The van der Waals surface area contributed by atoms with Crippen molar-refractivity contribution in [3.8, 4) is 0 Å². The Morgan fingerprint density at radius 2 is 2.09 bits per heavy atom. The van der Waals surface area contributed by atoms with Crippen LogP contribution in [0.2, 0.25) is 0 Å². The van der Waals surface area contributed by atoms with Crippen molar-refractivity contribution in [1.29, 1.82) is 0 Å². The van der Waals surface area contributed by atoms with E-state index in [1.807, 2.05) is 27.7 Å². The third kappa shape index (κ3) is 1.66. The van der Waals surface area contributed by atoms with E-state index in [4.69, 9.17) is 9.31 Å². The molecule has 1 saturated heterocycles. The van der Waals surface area contributed by atoms with Gasteiger partial charge in [-0.25, -0.2) is 0 Å². The van der Waals surface area contributed by atoms with Crippen LogP contribution in [0, 0.1) is 0 Å². The van der Waals surface area contributed by atoms with Crippen LogP contribution in [0.4, 0.5) is 0 Å². The van der Waals surface area contributed by atoms with Crippen LogP contribution >= 0.6 is 0 Å². The molecular formula is C8H15BO2. The highest BCUT2D eigenvalue weighted by Crippen LogP contribution is 2.28. The van der Waals surface area contributed by atoms with E-state index < -0.39 is 0 Å². The SMILES string of the molecule is C=C(C)B1OC(C)C(C)(C)O1. The van der Waals surface area contributed by atoms with Gasteiger partial charge in [0, 0.05) is 0 Å². The van der Waals surface area contributed by atoms with E-state index in [1.165, 1.54) is 0 Å². The average molecular weight is 154 g/mol. The molecule has 1 unspecified atom stereocenters. The van der Waals surface area contributed by atoms with Crippen LogP contribution < -0.4 is 0 Å². The van der Waals surface area contributed by atoms with Crippen molar-refractivity contribution in [3.05, 3.63) is 12.1 Å². The fourth-order valence-corrected chi connectivity index (χ4v) is 0.965. The average Bonchev–Trinajstić information content (AvgIpc) is 2.08. The van der Waals surface area contributed by atoms with Gasteiger partial charge in [-0.1, -0.05) is 5.47 Å². The van der Waals surface area contributed by atoms with E-state index in [9.17, 15) is 0 Å². The molecule has 0 aromatic rings. The largest absolute Gasteiger partial charge is 0.489 e. The van der Waals surface area contributed by atoms with E-state index in [2.05, 4.69) is 6.58 Å². The van der Waals surface area contributed by atoms with Gasteiger partial charge < -0.3 is 9.31 Å². The Balaban J connectivity index is 2.64. The lowest BCUT2D eigenvalue weighted by molar-refractivity contribution is 0.0841. The van der Waals surface area contributed by atoms with Crippen LogP contribution in [0.1, 0.15) is 27.7 Å². The van der Waals surface area contributed by atoms with Gasteiger partial charge in [0.25, 0.3) is 0 Å². The number of allylic oxidation sites excluding steroid dienone is 1. The third-order valence-electron chi connectivity index (χ3n) is 2.12. The summed E-state index contributed by atoms with van der Waals surface area (Å²) in [4.78, 5) is 0. The number of rotatable bonds is 1. The van der Waals surface area contributed by atoms with E-state index in [0.29, 0.717) is 0 Å². The first kappa shape index (κ1) is 8.82. The van der Waals surface area contributed by atoms with Crippen molar-refractivity contribution in [2.24, 2.45) is 0 Å². The molecule has 1 rings (SSSR count). The molecule has 3 heteroatoms. The smallest absolute Gasteiger partial charge is 0.402 e. The topological polar surface area (TPSA) is 18.5 Å². The number of hydrogen-bond donors (Lipinski definition) is 0. The van der Waals surface area contributed by atoms with Gasteiger partial charge in [0.1, 0.15) is 0 Å². The maximum absolute atomic E-state index is 5.60. The van der Waals surface area contributed by atoms with Crippen LogP contribution in [0.3, 0.4) is 0 Å². The van der Waals surface area contributed by atoms with Crippen molar-refractivity contribution in [2.75, 3.05) is 0 Å². The van der Waals surface area contributed by atoms with Crippen molar-refractivity contribution in [1.82, 2.24) is 0 Å². The molecule has 0 N–H and O–H groups in total. The zero-order valence-corrected chi connectivity index (χ0v) is 7.68. The summed E-state index contributed by atoms with van der Waals surface area (Å²) in [6, 6.07) is 0. The van der Waals surface area contributed by atoms with Gasteiger partial charge in [-0.3, -0.25) is 0 Å². The minimum atomic E-state index is -0.208. The third-order valence-corrected chi connectivity index (χ3v) is 2.12. The molecule has 1 aliphatic rings. The van der Waals surface area contributed by atoms with Crippen LogP contribution in [0.5, 0.6) is 0 Å². The van der Waals surface area contributed by atoms with Crippen LogP contribution in [0.15, 0.2) is 12.1 Å². The number of hydrogen-bond acceptors (Lipinski definition) is 2. The van der Waals surface area contributed by atoms with Crippen LogP contribution in [-0.2, 0) is 9.31 Å². The molecule has 1 fully saturated rings. The molecule has 0 saturated carbocycles. The summed E-state index contributed by atoms with van der Waals surface area (Å²) in [6.45, 7) is 11.8. The van der Waals surface area contributed by atoms with E-state index >= 15 is 0 Å². The standard InChI is InChI=1S/C8H15BO2/c1-6(2)9-10-7(3)8(4,5)11-9/h7H,1H2,2-5H3. The Morgan fingerprint density at radius 3 is 2.27 bits per heavy atom. The maximum atomic E-state index is 5.60. The van der Waals surface area contributed by atoms with Crippen LogP contribution in [0.25, 0.3) is 0 Å². The molecule has 62 valence electrons. The second kappa shape index (κ2) is 2.65. The van der Waals surface area contributed by atoms with E-state index in [1.54, 1.807) is 0 Å². The summed E-state index contributed by atoms with van der Waals surface area (Å²) < 4.78 is 11.1. The normalized spacial score (nSPS) is 29.1. The fourth-order valence-electron chi connectivity index (χ4n) is 0.965. The fraction of sp³-hybridized carbons (Fsp3) is 0.750. The van der Waals surface area contributed by atoms with E-state index in [0.717, 1.165) is 5.47 Å². The Hall–Kier alpha value is -0.275. The minimum Gasteiger partial charge on any atom is -0.402 e. The summed E-state index contributed by atoms with van der Waals surface area (Å²) in [5, 5.41) is 0. The molecule has 1 aliphatic heterocycles. The van der Waals surface area contributed by atoms with E-state index in [-0.39, 0.29) is 18.8 Å². The molecule has 0 aromatic carbocycles. The molecule has 2 nitrogen and oxygen atoms in total. The summed E-state index contributed by atoms with van der Waals surface area (Å²) >= 11 is 0. The molecule has 0 bridgehead atoms. The lowest BCUT2D eigenvalue weighted by Crippen LogP contribution is -2.30. The van der Waals surface area contributed by atoms with Crippen molar-refractivity contribution < 1.29 is 9.31 Å². The molecule has 1 atom stereocenters. The summed E-state index contributed by atoms with van der Waals surface area (Å²) in [5.74, 6) is 0. The zero-order chi connectivity index (χ0) is 8.65. The first-order chi connectivity index (χ1) is 4.93. The maximum Gasteiger partial charge on any atom is 0.489 e. The minimum absolute atomic E-state index is 0.143.